The zero-order valence-corrected chi connectivity index (χ0v) is 8.76. The second kappa shape index (κ2) is 4.97. The Morgan fingerprint density at radius 1 is 1.38 bits per heavy atom. The summed E-state index contributed by atoms with van der Waals surface area (Å²) in [5, 5.41) is 9.18. The lowest BCUT2D eigenvalue weighted by molar-refractivity contribution is 0.131. The van der Waals surface area contributed by atoms with Crippen LogP contribution in [-0.2, 0) is 0 Å². The van der Waals surface area contributed by atoms with Crippen LogP contribution in [-0.4, -0.2) is 18.3 Å². The van der Waals surface area contributed by atoms with E-state index in [1.165, 1.54) is 32.1 Å². The Balaban J connectivity index is 2.22. The van der Waals surface area contributed by atoms with Crippen molar-refractivity contribution in [2.45, 2.75) is 45.4 Å². The fraction of sp³-hybridized carbons (Fsp3) is 1.00. The predicted octanol–water partition coefficient (Wildman–Crippen LogP) is 1.91. The van der Waals surface area contributed by atoms with Crippen molar-refractivity contribution >= 4 is 0 Å². The van der Waals surface area contributed by atoms with Crippen molar-refractivity contribution in [3.8, 4) is 0 Å². The molecule has 1 unspecified atom stereocenters. The van der Waals surface area contributed by atoms with Crippen LogP contribution in [0.5, 0.6) is 0 Å². The SMILES string of the molecule is CC(CN)(CO)CCC1CCCC1. The summed E-state index contributed by atoms with van der Waals surface area (Å²) in [7, 11) is 0. The van der Waals surface area contributed by atoms with E-state index in [9.17, 15) is 5.11 Å². The van der Waals surface area contributed by atoms with Crippen molar-refractivity contribution in [3.63, 3.8) is 0 Å². The van der Waals surface area contributed by atoms with Crippen molar-refractivity contribution < 1.29 is 5.11 Å². The van der Waals surface area contributed by atoms with E-state index in [1.54, 1.807) is 0 Å². The van der Waals surface area contributed by atoms with Gasteiger partial charge in [-0.2, -0.15) is 0 Å². The minimum atomic E-state index is -0.0252. The topological polar surface area (TPSA) is 46.2 Å². The first-order valence-electron chi connectivity index (χ1n) is 5.51. The number of hydrogen-bond donors (Lipinski definition) is 2. The summed E-state index contributed by atoms with van der Waals surface area (Å²) in [6.07, 6.45) is 7.95. The largest absolute Gasteiger partial charge is 0.396 e. The molecule has 2 heteroatoms. The molecule has 1 atom stereocenters. The molecule has 0 aromatic rings. The average molecular weight is 185 g/mol. The van der Waals surface area contributed by atoms with Gasteiger partial charge in [-0.25, -0.2) is 0 Å². The molecule has 0 radical (unpaired) electrons. The van der Waals surface area contributed by atoms with Crippen LogP contribution in [0.25, 0.3) is 0 Å². The maximum absolute atomic E-state index is 9.18. The fourth-order valence-electron chi connectivity index (χ4n) is 2.10. The van der Waals surface area contributed by atoms with Gasteiger partial charge in [0.25, 0.3) is 0 Å². The highest BCUT2D eigenvalue weighted by atomic mass is 16.3. The first kappa shape index (κ1) is 11.0. The van der Waals surface area contributed by atoms with E-state index >= 15 is 0 Å². The van der Waals surface area contributed by atoms with Crippen LogP contribution in [0, 0.1) is 11.3 Å². The summed E-state index contributed by atoms with van der Waals surface area (Å²) < 4.78 is 0. The van der Waals surface area contributed by atoms with Crippen molar-refractivity contribution in [1.29, 1.82) is 0 Å². The van der Waals surface area contributed by atoms with Gasteiger partial charge in [0.1, 0.15) is 0 Å². The molecule has 3 N–H and O–H groups in total. The Kier molecular flexibility index (Phi) is 4.20. The highest BCUT2D eigenvalue weighted by Crippen LogP contribution is 2.32. The summed E-state index contributed by atoms with van der Waals surface area (Å²) in [5.41, 5.74) is 5.62. The Labute approximate surface area is 81.5 Å². The van der Waals surface area contributed by atoms with Crippen LogP contribution in [0.2, 0.25) is 0 Å². The van der Waals surface area contributed by atoms with Gasteiger partial charge in [-0.1, -0.05) is 32.6 Å². The molecule has 0 bridgehead atoms. The molecule has 78 valence electrons. The van der Waals surface area contributed by atoms with Gasteiger partial charge in [-0.3, -0.25) is 0 Å². The third-order valence-corrected chi connectivity index (χ3v) is 3.51. The molecule has 1 aliphatic carbocycles. The lowest BCUT2D eigenvalue weighted by Gasteiger charge is -2.26. The summed E-state index contributed by atoms with van der Waals surface area (Å²) >= 11 is 0. The van der Waals surface area contributed by atoms with Gasteiger partial charge in [0.2, 0.25) is 0 Å². The van der Waals surface area contributed by atoms with Gasteiger partial charge >= 0.3 is 0 Å². The molecule has 1 rings (SSSR count). The van der Waals surface area contributed by atoms with Crippen molar-refractivity contribution in [3.05, 3.63) is 0 Å². The molecule has 2 nitrogen and oxygen atoms in total. The van der Waals surface area contributed by atoms with E-state index in [2.05, 4.69) is 6.92 Å². The van der Waals surface area contributed by atoms with Crippen LogP contribution < -0.4 is 5.73 Å². The van der Waals surface area contributed by atoms with E-state index < -0.39 is 0 Å². The standard InChI is InChI=1S/C11H23NO/c1-11(8-12,9-13)7-6-10-4-2-3-5-10/h10,13H,2-9,12H2,1H3. The molecule has 0 aromatic carbocycles. The van der Waals surface area contributed by atoms with Gasteiger partial charge < -0.3 is 10.8 Å². The molecule has 1 fully saturated rings. The Hall–Kier alpha value is -0.0800. The van der Waals surface area contributed by atoms with Crippen molar-refractivity contribution in [2.75, 3.05) is 13.2 Å². The molecular formula is C11H23NO. The summed E-state index contributed by atoms with van der Waals surface area (Å²) in [6, 6.07) is 0. The van der Waals surface area contributed by atoms with Gasteiger partial charge in [-0.15, -0.1) is 0 Å². The van der Waals surface area contributed by atoms with E-state index in [0.717, 1.165) is 12.3 Å². The van der Waals surface area contributed by atoms with Gasteiger partial charge in [-0.05, 0) is 25.3 Å². The van der Waals surface area contributed by atoms with Crippen LogP contribution in [0.1, 0.15) is 45.4 Å². The molecule has 13 heavy (non-hydrogen) atoms. The Morgan fingerprint density at radius 2 is 2.00 bits per heavy atom. The normalized spacial score (nSPS) is 23.3. The third-order valence-electron chi connectivity index (χ3n) is 3.51. The zero-order chi connectivity index (χ0) is 9.73. The molecule has 0 aromatic heterocycles. The lowest BCUT2D eigenvalue weighted by Crippen LogP contribution is -2.31. The lowest BCUT2D eigenvalue weighted by atomic mass is 9.83. The van der Waals surface area contributed by atoms with E-state index in [-0.39, 0.29) is 12.0 Å². The maximum atomic E-state index is 9.18. The minimum absolute atomic E-state index is 0.0252. The van der Waals surface area contributed by atoms with E-state index in [4.69, 9.17) is 5.73 Å². The highest BCUT2D eigenvalue weighted by Gasteiger charge is 2.24. The summed E-state index contributed by atoms with van der Waals surface area (Å²) in [5.74, 6) is 0.914. The number of aliphatic hydroxyl groups excluding tert-OH is 1. The molecule has 0 heterocycles. The van der Waals surface area contributed by atoms with Crippen LogP contribution in [0.4, 0.5) is 0 Å². The van der Waals surface area contributed by atoms with Crippen molar-refractivity contribution in [2.24, 2.45) is 17.1 Å². The quantitative estimate of drug-likeness (QED) is 0.687. The Bertz CT molecular complexity index is 137. The van der Waals surface area contributed by atoms with Crippen molar-refractivity contribution in [1.82, 2.24) is 0 Å². The summed E-state index contributed by atoms with van der Waals surface area (Å²) in [4.78, 5) is 0. The second-order valence-corrected chi connectivity index (χ2v) is 4.86. The molecular weight excluding hydrogens is 162 g/mol. The van der Waals surface area contributed by atoms with Crippen LogP contribution in [0.15, 0.2) is 0 Å². The first-order valence-corrected chi connectivity index (χ1v) is 5.51. The van der Waals surface area contributed by atoms with Crippen LogP contribution in [0.3, 0.4) is 0 Å². The van der Waals surface area contributed by atoms with E-state index in [0.29, 0.717) is 6.54 Å². The molecule has 1 aliphatic rings. The minimum Gasteiger partial charge on any atom is -0.396 e. The smallest absolute Gasteiger partial charge is 0.0496 e. The van der Waals surface area contributed by atoms with Gasteiger partial charge in [0, 0.05) is 12.0 Å². The first-order chi connectivity index (χ1) is 6.20. The summed E-state index contributed by atoms with van der Waals surface area (Å²) in [6.45, 7) is 2.92. The monoisotopic (exact) mass is 185 g/mol. The average Bonchev–Trinajstić information content (AvgIpc) is 2.67. The van der Waals surface area contributed by atoms with E-state index in [1.807, 2.05) is 0 Å². The number of aliphatic hydroxyl groups is 1. The number of nitrogens with two attached hydrogens (primary N) is 1. The predicted molar refractivity (Wildman–Crippen MR) is 55.4 cm³/mol. The van der Waals surface area contributed by atoms with Crippen LogP contribution >= 0.6 is 0 Å². The van der Waals surface area contributed by atoms with Gasteiger partial charge in [0.05, 0.1) is 0 Å². The molecule has 0 spiro atoms. The molecule has 1 saturated carbocycles. The number of hydrogen-bond acceptors (Lipinski definition) is 2. The number of rotatable bonds is 5. The third kappa shape index (κ3) is 3.28. The molecule has 0 aliphatic heterocycles. The molecule has 0 amide bonds. The van der Waals surface area contributed by atoms with Gasteiger partial charge in [0.15, 0.2) is 0 Å². The zero-order valence-electron chi connectivity index (χ0n) is 8.76. The fourth-order valence-corrected chi connectivity index (χ4v) is 2.10. The maximum Gasteiger partial charge on any atom is 0.0496 e. The highest BCUT2D eigenvalue weighted by molar-refractivity contribution is 4.77. The second-order valence-electron chi connectivity index (χ2n) is 4.86. The Morgan fingerprint density at radius 3 is 2.46 bits per heavy atom. The molecule has 0 saturated heterocycles.